The van der Waals surface area contributed by atoms with Crippen LogP contribution < -0.4 is 5.32 Å². The first-order chi connectivity index (χ1) is 12.7. The Kier molecular flexibility index (Phi) is 7.17. The average Bonchev–Trinajstić information content (AvgIpc) is 3.22. The third-order valence-electron chi connectivity index (χ3n) is 3.29. The van der Waals surface area contributed by atoms with Gasteiger partial charge >= 0.3 is 0 Å². The van der Waals surface area contributed by atoms with Gasteiger partial charge in [0.25, 0.3) is 0 Å². The average molecular weight is 366 g/mol. The monoisotopic (exact) mass is 365 g/mol. The number of anilines is 1. The summed E-state index contributed by atoms with van der Waals surface area (Å²) in [4.78, 5) is 0. The molecule has 130 valence electrons. The van der Waals surface area contributed by atoms with Gasteiger partial charge in [-0.25, -0.2) is 0 Å². The standard InChI is InChI=1S/C10H11ClN2.C9H5N3O/c1-2-5-13-9-4-3-8(7-12)10(11)6-9;10-5-7-1-3-8(4-2-7)9-12-11-6-13-9/h3-4,6,13H,2,5H2,1H3;1-4,6H. The van der Waals surface area contributed by atoms with Crippen LogP contribution in [0.2, 0.25) is 5.02 Å². The largest absolute Gasteiger partial charge is 0.423 e. The molecular formula is C19H16ClN5O. The van der Waals surface area contributed by atoms with E-state index in [2.05, 4.69) is 22.4 Å². The molecule has 0 fully saturated rings. The SMILES string of the molecule is CCCNc1ccc(C#N)c(Cl)c1.N#Cc1ccc(-c2nnco2)cc1. The lowest BCUT2D eigenvalue weighted by atomic mass is 10.1. The van der Waals surface area contributed by atoms with Crippen LogP contribution in [0.15, 0.2) is 53.3 Å². The van der Waals surface area contributed by atoms with Crippen LogP contribution >= 0.6 is 11.6 Å². The van der Waals surface area contributed by atoms with E-state index in [9.17, 15) is 0 Å². The fourth-order valence-electron chi connectivity index (χ4n) is 1.97. The zero-order valence-corrected chi connectivity index (χ0v) is 14.9. The van der Waals surface area contributed by atoms with E-state index >= 15 is 0 Å². The highest BCUT2D eigenvalue weighted by molar-refractivity contribution is 6.32. The Hall–Kier alpha value is -3.35. The molecule has 0 radical (unpaired) electrons. The van der Waals surface area contributed by atoms with Crippen LogP contribution in [0.5, 0.6) is 0 Å². The Morgan fingerprint density at radius 3 is 2.42 bits per heavy atom. The minimum absolute atomic E-state index is 0.462. The topological polar surface area (TPSA) is 98.5 Å². The summed E-state index contributed by atoms with van der Waals surface area (Å²) in [5, 5.41) is 28.2. The van der Waals surface area contributed by atoms with Gasteiger partial charge in [0, 0.05) is 17.8 Å². The molecule has 1 heterocycles. The van der Waals surface area contributed by atoms with E-state index in [1.165, 1.54) is 6.39 Å². The summed E-state index contributed by atoms with van der Waals surface area (Å²) in [5.41, 5.74) is 2.91. The van der Waals surface area contributed by atoms with Crippen molar-refractivity contribution in [2.24, 2.45) is 0 Å². The molecule has 0 bridgehead atoms. The van der Waals surface area contributed by atoms with Crippen molar-refractivity contribution in [3.63, 3.8) is 0 Å². The fraction of sp³-hybridized carbons (Fsp3) is 0.158. The van der Waals surface area contributed by atoms with Crippen molar-refractivity contribution in [2.75, 3.05) is 11.9 Å². The van der Waals surface area contributed by atoms with Crippen LogP contribution in [0, 0.1) is 22.7 Å². The number of nitrogens with one attached hydrogen (secondary N) is 1. The van der Waals surface area contributed by atoms with E-state index < -0.39 is 0 Å². The lowest BCUT2D eigenvalue weighted by Crippen LogP contribution is -1.99. The fourth-order valence-corrected chi connectivity index (χ4v) is 2.19. The normalized spacial score (nSPS) is 9.38. The summed E-state index contributed by atoms with van der Waals surface area (Å²) in [6.07, 6.45) is 2.34. The van der Waals surface area contributed by atoms with Gasteiger partial charge in [-0.3, -0.25) is 0 Å². The number of nitrogens with zero attached hydrogens (tertiary/aromatic N) is 4. The Balaban J connectivity index is 0.000000187. The Bertz CT molecular complexity index is 909. The Morgan fingerprint density at radius 2 is 1.88 bits per heavy atom. The van der Waals surface area contributed by atoms with Crippen LogP contribution in [0.4, 0.5) is 5.69 Å². The third-order valence-corrected chi connectivity index (χ3v) is 3.60. The second-order valence-corrected chi connectivity index (χ2v) is 5.57. The molecule has 7 heteroatoms. The van der Waals surface area contributed by atoms with Crippen LogP contribution in [-0.4, -0.2) is 16.7 Å². The number of aromatic nitrogens is 2. The molecule has 1 aromatic heterocycles. The summed E-state index contributed by atoms with van der Waals surface area (Å²) in [6.45, 7) is 3.01. The lowest BCUT2D eigenvalue weighted by molar-refractivity contribution is 0.568. The molecule has 0 aliphatic carbocycles. The lowest BCUT2D eigenvalue weighted by Gasteiger charge is -2.04. The van der Waals surface area contributed by atoms with E-state index in [1.54, 1.807) is 36.4 Å². The van der Waals surface area contributed by atoms with Crippen LogP contribution in [0.1, 0.15) is 24.5 Å². The van der Waals surface area contributed by atoms with E-state index in [-0.39, 0.29) is 0 Å². The second-order valence-electron chi connectivity index (χ2n) is 5.17. The van der Waals surface area contributed by atoms with Gasteiger partial charge in [0.1, 0.15) is 6.07 Å². The van der Waals surface area contributed by atoms with Crippen molar-refractivity contribution in [1.82, 2.24) is 10.2 Å². The maximum absolute atomic E-state index is 8.63. The maximum atomic E-state index is 8.63. The molecule has 0 saturated heterocycles. The Morgan fingerprint density at radius 1 is 1.12 bits per heavy atom. The zero-order valence-electron chi connectivity index (χ0n) is 14.1. The molecule has 3 rings (SSSR count). The second kappa shape index (κ2) is 9.83. The third kappa shape index (κ3) is 5.34. The van der Waals surface area contributed by atoms with Gasteiger partial charge in [0.15, 0.2) is 0 Å². The van der Waals surface area contributed by atoms with Gasteiger partial charge in [-0.2, -0.15) is 10.5 Å². The molecule has 1 N–H and O–H groups in total. The van der Waals surface area contributed by atoms with E-state index in [0.29, 0.717) is 22.0 Å². The summed E-state index contributed by atoms with van der Waals surface area (Å²) < 4.78 is 4.99. The van der Waals surface area contributed by atoms with Gasteiger partial charge in [-0.15, -0.1) is 10.2 Å². The van der Waals surface area contributed by atoms with Crippen LogP contribution in [-0.2, 0) is 0 Å². The van der Waals surface area contributed by atoms with Crippen molar-refractivity contribution < 1.29 is 4.42 Å². The van der Waals surface area contributed by atoms with Crippen molar-refractivity contribution in [3.05, 3.63) is 65.0 Å². The highest BCUT2D eigenvalue weighted by atomic mass is 35.5. The number of benzene rings is 2. The number of halogens is 1. The first kappa shape index (κ1) is 19.0. The first-order valence-corrected chi connectivity index (χ1v) is 8.26. The summed E-state index contributed by atoms with van der Waals surface area (Å²) in [6, 6.07) is 16.4. The van der Waals surface area contributed by atoms with Crippen molar-refractivity contribution >= 4 is 17.3 Å². The quantitative estimate of drug-likeness (QED) is 0.722. The molecular weight excluding hydrogens is 350 g/mol. The van der Waals surface area contributed by atoms with Crippen LogP contribution in [0.3, 0.4) is 0 Å². The summed E-state index contributed by atoms with van der Waals surface area (Å²) in [7, 11) is 0. The smallest absolute Gasteiger partial charge is 0.247 e. The molecule has 3 aromatic rings. The van der Waals surface area contributed by atoms with Crippen molar-refractivity contribution in [1.29, 1.82) is 10.5 Å². The minimum Gasteiger partial charge on any atom is -0.423 e. The number of hydrogen-bond donors (Lipinski definition) is 1. The zero-order chi connectivity index (χ0) is 18.8. The maximum Gasteiger partial charge on any atom is 0.247 e. The van der Waals surface area contributed by atoms with Crippen LogP contribution in [0.25, 0.3) is 11.5 Å². The molecule has 2 aromatic carbocycles. The molecule has 0 atom stereocenters. The number of hydrogen-bond acceptors (Lipinski definition) is 6. The molecule has 0 aliphatic heterocycles. The van der Waals surface area contributed by atoms with Gasteiger partial charge in [-0.1, -0.05) is 18.5 Å². The molecule has 0 spiro atoms. The molecule has 0 unspecified atom stereocenters. The van der Waals surface area contributed by atoms with Crippen molar-refractivity contribution in [3.8, 4) is 23.6 Å². The van der Waals surface area contributed by atoms with E-state index in [0.717, 1.165) is 24.2 Å². The highest BCUT2D eigenvalue weighted by Crippen LogP contribution is 2.20. The first-order valence-electron chi connectivity index (χ1n) is 7.88. The van der Waals surface area contributed by atoms with Gasteiger partial charge in [0.2, 0.25) is 12.3 Å². The van der Waals surface area contributed by atoms with Gasteiger partial charge in [0.05, 0.1) is 22.2 Å². The molecule has 26 heavy (non-hydrogen) atoms. The number of nitriles is 2. The molecule has 0 amide bonds. The van der Waals surface area contributed by atoms with E-state index in [1.807, 2.05) is 18.2 Å². The summed E-state index contributed by atoms with van der Waals surface area (Å²) >= 11 is 5.85. The van der Waals surface area contributed by atoms with Gasteiger partial charge in [-0.05, 0) is 48.9 Å². The predicted molar refractivity (Wildman–Crippen MR) is 99.4 cm³/mol. The summed E-state index contributed by atoms with van der Waals surface area (Å²) in [5.74, 6) is 0.462. The van der Waals surface area contributed by atoms with Gasteiger partial charge < -0.3 is 9.73 Å². The molecule has 0 aliphatic rings. The molecule has 0 saturated carbocycles. The minimum atomic E-state index is 0.462. The predicted octanol–water partition coefficient (Wildman–Crippen LogP) is 4.64. The Labute approximate surface area is 156 Å². The van der Waals surface area contributed by atoms with Crippen molar-refractivity contribution in [2.45, 2.75) is 13.3 Å². The highest BCUT2D eigenvalue weighted by Gasteiger charge is 2.02. The molecule has 6 nitrogen and oxygen atoms in total. The number of rotatable bonds is 4. The van der Waals surface area contributed by atoms with E-state index in [4.69, 9.17) is 26.5 Å².